The molecule has 1 heterocycles. The molecular formula is C12H13Cl3N2. The van der Waals surface area contributed by atoms with Crippen molar-refractivity contribution in [3.63, 3.8) is 0 Å². The molecule has 0 saturated heterocycles. The van der Waals surface area contributed by atoms with Crippen LogP contribution in [-0.2, 0) is 0 Å². The molecule has 0 unspecified atom stereocenters. The van der Waals surface area contributed by atoms with E-state index in [2.05, 4.69) is 10.3 Å². The van der Waals surface area contributed by atoms with E-state index in [0.29, 0.717) is 27.1 Å². The molecule has 0 radical (unpaired) electrons. The molecule has 1 N–H and O–H groups in total. The Morgan fingerprint density at radius 3 is 2.18 bits per heavy atom. The summed E-state index contributed by atoms with van der Waals surface area (Å²) in [5.74, 6) is 2.24. The number of pyridine rings is 1. The summed E-state index contributed by atoms with van der Waals surface area (Å²) >= 11 is 17.9. The molecule has 2 aliphatic rings. The van der Waals surface area contributed by atoms with Crippen molar-refractivity contribution in [2.75, 3.05) is 5.32 Å². The second-order valence-electron chi connectivity index (χ2n) is 4.94. The van der Waals surface area contributed by atoms with E-state index in [1.807, 2.05) is 0 Å². The van der Waals surface area contributed by atoms with Gasteiger partial charge in [-0.25, -0.2) is 4.98 Å². The largest absolute Gasteiger partial charge is 0.365 e. The molecule has 2 nitrogen and oxygen atoms in total. The fourth-order valence-corrected chi connectivity index (χ4v) is 2.79. The topological polar surface area (TPSA) is 24.9 Å². The first-order chi connectivity index (χ1) is 8.15. The molecule has 2 fully saturated rings. The average molecular weight is 292 g/mol. The summed E-state index contributed by atoms with van der Waals surface area (Å²) in [5, 5.41) is 4.71. The minimum absolute atomic E-state index is 0.309. The van der Waals surface area contributed by atoms with Crippen LogP contribution in [0.15, 0.2) is 6.07 Å². The summed E-state index contributed by atoms with van der Waals surface area (Å²) in [4.78, 5) is 4.22. The molecule has 2 aliphatic carbocycles. The fraction of sp³-hybridized carbons (Fsp3) is 0.583. The van der Waals surface area contributed by atoms with E-state index in [9.17, 15) is 0 Å². The highest BCUT2D eigenvalue weighted by Gasteiger charge is 2.41. The lowest BCUT2D eigenvalue weighted by Crippen LogP contribution is -2.25. The molecule has 17 heavy (non-hydrogen) atoms. The molecular weight excluding hydrogens is 279 g/mol. The zero-order chi connectivity index (χ0) is 12.0. The van der Waals surface area contributed by atoms with Gasteiger partial charge in [0, 0.05) is 6.04 Å². The minimum atomic E-state index is 0.309. The van der Waals surface area contributed by atoms with E-state index >= 15 is 0 Å². The van der Waals surface area contributed by atoms with Gasteiger partial charge >= 0.3 is 0 Å². The van der Waals surface area contributed by atoms with Gasteiger partial charge in [0.15, 0.2) is 0 Å². The Bertz CT molecular complexity index is 430. The van der Waals surface area contributed by atoms with Gasteiger partial charge in [-0.1, -0.05) is 34.8 Å². The Hall–Kier alpha value is -0.180. The van der Waals surface area contributed by atoms with E-state index in [1.54, 1.807) is 6.07 Å². The van der Waals surface area contributed by atoms with Gasteiger partial charge < -0.3 is 5.32 Å². The predicted octanol–water partition coefficient (Wildman–Crippen LogP) is 4.64. The lowest BCUT2D eigenvalue weighted by Gasteiger charge is -2.19. The smallest absolute Gasteiger partial charge is 0.150 e. The Morgan fingerprint density at radius 2 is 1.65 bits per heavy atom. The van der Waals surface area contributed by atoms with Crippen LogP contribution >= 0.6 is 34.8 Å². The summed E-state index contributed by atoms with van der Waals surface area (Å²) in [6.45, 7) is 0. The maximum atomic E-state index is 6.13. The van der Waals surface area contributed by atoms with E-state index in [-0.39, 0.29) is 0 Å². The van der Waals surface area contributed by atoms with Gasteiger partial charge in [0.25, 0.3) is 0 Å². The van der Waals surface area contributed by atoms with Crippen molar-refractivity contribution in [1.29, 1.82) is 0 Å². The summed E-state index contributed by atoms with van der Waals surface area (Å²) in [5.41, 5.74) is 0. The lowest BCUT2D eigenvalue weighted by molar-refractivity contribution is 0.566. The van der Waals surface area contributed by atoms with Crippen LogP contribution in [0.25, 0.3) is 0 Å². The Morgan fingerprint density at radius 1 is 1.06 bits per heavy atom. The van der Waals surface area contributed by atoms with Crippen molar-refractivity contribution < 1.29 is 0 Å². The average Bonchev–Trinajstić information content (AvgIpc) is 3.15. The third-order valence-electron chi connectivity index (χ3n) is 3.45. The first kappa shape index (κ1) is 11.9. The molecule has 0 atom stereocenters. The van der Waals surface area contributed by atoms with Crippen LogP contribution in [0.4, 0.5) is 5.82 Å². The summed E-state index contributed by atoms with van der Waals surface area (Å²) in [6.07, 6.45) is 5.25. The first-order valence-electron chi connectivity index (χ1n) is 5.93. The van der Waals surface area contributed by atoms with Crippen LogP contribution in [0.1, 0.15) is 25.7 Å². The first-order valence-corrected chi connectivity index (χ1v) is 7.06. The molecule has 2 saturated carbocycles. The van der Waals surface area contributed by atoms with Crippen LogP contribution in [0.2, 0.25) is 15.2 Å². The number of anilines is 1. The van der Waals surface area contributed by atoms with Crippen LogP contribution in [0.5, 0.6) is 0 Å². The molecule has 0 aliphatic heterocycles. The van der Waals surface area contributed by atoms with Crippen LogP contribution in [-0.4, -0.2) is 11.0 Å². The normalized spacial score (nSPS) is 19.8. The number of rotatable bonds is 4. The second kappa shape index (κ2) is 4.49. The molecule has 1 aromatic heterocycles. The van der Waals surface area contributed by atoms with Gasteiger partial charge in [-0.2, -0.15) is 0 Å². The highest BCUT2D eigenvalue weighted by Crippen LogP contribution is 2.46. The molecule has 1 aromatic rings. The fourth-order valence-electron chi connectivity index (χ4n) is 2.23. The highest BCUT2D eigenvalue weighted by molar-refractivity contribution is 6.42. The standard InChI is InChI=1S/C12H13Cl3N2/c13-8-5-9(14)12(17-11(8)15)16-10(6-1-2-6)7-3-4-7/h5-7,10H,1-4H2,(H,16,17). The summed E-state index contributed by atoms with van der Waals surface area (Å²) in [7, 11) is 0. The van der Waals surface area contributed by atoms with E-state index in [0.717, 1.165) is 11.8 Å². The van der Waals surface area contributed by atoms with E-state index in [4.69, 9.17) is 34.8 Å². The predicted molar refractivity (Wildman–Crippen MR) is 72.1 cm³/mol. The highest BCUT2D eigenvalue weighted by atomic mass is 35.5. The summed E-state index contributed by atoms with van der Waals surface area (Å²) < 4.78 is 0. The van der Waals surface area contributed by atoms with Gasteiger partial charge in [-0.05, 0) is 43.6 Å². The van der Waals surface area contributed by atoms with Gasteiger partial charge in [0.1, 0.15) is 11.0 Å². The van der Waals surface area contributed by atoms with Gasteiger partial charge in [-0.3, -0.25) is 0 Å². The minimum Gasteiger partial charge on any atom is -0.365 e. The monoisotopic (exact) mass is 290 g/mol. The number of aromatic nitrogens is 1. The zero-order valence-corrected chi connectivity index (χ0v) is 11.5. The second-order valence-corrected chi connectivity index (χ2v) is 6.11. The van der Waals surface area contributed by atoms with Crippen molar-refractivity contribution in [2.45, 2.75) is 31.7 Å². The maximum Gasteiger partial charge on any atom is 0.150 e. The molecule has 0 amide bonds. The number of nitrogens with zero attached hydrogens (tertiary/aromatic N) is 1. The molecule has 3 rings (SSSR count). The van der Waals surface area contributed by atoms with Crippen molar-refractivity contribution in [3.05, 3.63) is 21.3 Å². The maximum absolute atomic E-state index is 6.13. The lowest BCUT2D eigenvalue weighted by atomic mass is 10.1. The number of nitrogens with one attached hydrogen (secondary N) is 1. The van der Waals surface area contributed by atoms with Crippen LogP contribution in [0.3, 0.4) is 0 Å². The van der Waals surface area contributed by atoms with Crippen LogP contribution in [0, 0.1) is 11.8 Å². The van der Waals surface area contributed by atoms with E-state index in [1.165, 1.54) is 25.7 Å². The van der Waals surface area contributed by atoms with Crippen molar-refractivity contribution in [3.8, 4) is 0 Å². The molecule has 0 aromatic carbocycles. The van der Waals surface area contributed by atoms with Crippen molar-refractivity contribution in [2.24, 2.45) is 11.8 Å². The summed E-state index contributed by atoms with van der Waals surface area (Å²) in [6, 6.07) is 2.16. The number of halogens is 3. The van der Waals surface area contributed by atoms with Crippen molar-refractivity contribution in [1.82, 2.24) is 4.98 Å². The Labute approximate surface area is 116 Å². The third-order valence-corrected chi connectivity index (χ3v) is 4.41. The Balaban J connectivity index is 1.81. The molecule has 0 bridgehead atoms. The van der Waals surface area contributed by atoms with Gasteiger partial charge in [0.05, 0.1) is 10.0 Å². The molecule has 5 heteroatoms. The van der Waals surface area contributed by atoms with Gasteiger partial charge in [-0.15, -0.1) is 0 Å². The number of hydrogen-bond acceptors (Lipinski definition) is 2. The van der Waals surface area contributed by atoms with Crippen molar-refractivity contribution >= 4 is 40.6 Å². The van der Waals surface area contributed by atoms with Crippen LogP contribution < -0.4 is 5.32 Å². The quantitative estimate of drug-likeness (QED) is 0.817. The SMILES string of the molecule is Clc1cc(Cl)c(NC(C2CC2)C2CC2)nc1Cl. The van der Waals surface area contributed by atoms with E-state index < -0.39 is 0 Å². The Kier molecular flexibility index (Phi) is 3.14. The molecule has 92 valence electrons. The van der Waals surface area contributed by atoms with Gasteiger partial charge in [0.2, 0.25) is 0 Å². The third kappa shape index (κ3) is 2.64. The molecule has 0 spiro atoms. The zero-order valence-electron chi connectivity index (χ0n) is 9.22. The number of hydrogen-bond donors (Lipinski definition) is 1.